The van der Waals surface area contributed by atoms with Gasteiger partial charge in [-0.3, -0.25) is 9.78 Å². The molecule has 0 unspecified atom stereocenters. The number of carbonyl (C=O) groups is 1. The molecule has 6 heteroatoms. The molecule has 3 aromatic rings. The Bertz CT molecular complexity index is 991. The molecule has 0 atom stereocenters. The quantitative estimate of drug-likeness (QED) is 0.674. The normalized spacial score (nSPS) is 14.4. The van der Waals surface area contributed by atoms with Crippen molar-refractivity contribution in [1.82, 2.24) is 14.9 Å². The van der Waals surface area contributed by atoms with Crippen molar-refractivity contribution in [2.45, 2.75) is 20.8 Å². The predicted octanol–water partition coefficient (Wildman–Crippen LogP) is 4.09. The summed E-state index contributed by atoms with van der Waals surface area (Å²) in [7, 11) is 0. The maximum absolute atomic E-state index is 13.1. The molecule has 1 aliphatic rings. The SMILES string of the molecule is Cc1cccc(N2CCN(C(=O)c3sc(-c4cccnc4)nc3C)CC2)c1C. The molecule has 1 fully saturated rings. The first-order valence-corrected chi connectivity index (χ1v) is 10.3. The van der Waals surface area contributed by atoms with Gasteiger partial charge in [0.15, 0.2) is 0 Å². The van der Waals surface area contributed by atoms with Gasteiger partial charge in [0.05, 0.1) is 5.69 Å². The second kappa shape index (κ2) is 7.72. The molecular weight excluding hydrogens is 368 g/mol. The summed E-state index contributed by atoms with van der Waals surface area (Å²) in [5, 5.41) is 0.850. The first kappa shape index (κ1) is 18.6. The summed E-state index contributed by atoms with van der Waals surface area (Å²) in [4.78, 5) is 26.9. The molecule has 0 spiro atoms. The van der Waals surface area contributed by atoms with Crippen molar-refractivity contribution >= 4 is 22.9 Å². The van der Waals surface area contributed by atoms with Crippen LogP contribution < -0.4 is 4.90 Å². The molecule has 144 valence electrons. The van der Waals surface area contributed by atoms with E-state index in [1.165, 1.54) is 28.2 Å². The van der Waals surface area contributed by atoms with E-state index in [0.29, 0.717) is 0 Å². The van der Waals surface area contributed by atoms with Crippen LogP contribution in [-0.4, -0.2) is 47.0 Å². The molecule has 28 heavy (non-hydrogen) atoms. The largest absolute Gasteiger partial charge is 0.368 e. The Labute approximate surface area is 169 Å². The summed E-state index contributed by atoms with van der Waals surface area (Å²) < 4.78 is 0. The Morgan fingerprint density at radius 3 is 2.54 bits per heavy atom. The number of amides is 1. The third kappa shape index (κ3) is 3.52. The lowest BCUT2D eigenvalue weighted by Crippen LogP contribution is -2.49. The van der Waals surface area contributed by atoms with Crippen molar-refractivity contribution in [3.63, 3.8) is 0 Å². The number of rotatable bonds is 3. The minimum atomic E-state index is 0.0887. The summed E-state index contributed by atoms with van der Waals surface area (Å²) in [5.74, 6) is 0.0887. The van der Waals surface area contributed by atoms with Crippen LogP contribution in [0.4, 0.5) is 5.69 Å². The highest BCUT2D eigenvalue weighted by atomic mass is 32.1. The Morgan fingerprint density at radius 1 is 1.04 bits per heavy atom. The van der Waals surface area contributed by atoms with Gasteiger partial charge in [-0.15, -0.1) is 11.3 Å². The Kier molecular flexibility index (Phi) is 5.13. The van der Waals surface area contributed by atoms with Crippen molar-refractivity contribution in [1.29, 1.82) is 0 Å². The topological polar surface area (TPSA) is 49.3 Å². The predicted molar refractivity (Wildman–Crippen MR) is 114 cm³/mol. The highest BCUT2D eigenvalue weighted by Gasteiger charge is 2.26. The van der Waals surface area contributed by atoms with Gasteiger partial charge in [0.25, 0.3) is 5.91 Å². The molecule has 0 radical (unpaired) electrons. The van der Waals surface area contributed by atoms with E-state index in [4.69, 9.17) is 0 Å². The summed E-state index contributed by atoms with van der Waals surface area (Å²) in [5.41, 5.74) is 5.65. The summed E-state index contributed by atoms with van der Waals surface area (Å²) >= 11 is 1.46. The lowest BCUT2D eigenvalue weighted by molar-refractivity contribution is 0.0750. The van der Waals surface area contributed by atoms with Crippen molar-refractivity contribution in [3.05, 3.63) is 64.4 Å². The number of pyridine rings is 1. The van der Waals surface area contributed by atoms with Crippen molar-refractivity contribution < 1.29 is 4.79 Å². The van der Waals surface area contributed by atoms with Gasteiger partial charge < -0.3 is 9.80 Å². The maximum Gasteiger partial charge on any atom is 0.265 e. The molecule has 5 nitrogen and oxygen atoms in total. The second-order valence-corrected chi connectivity index (χ2v) is 8.17. The molecular formula is C22H24N4OS. The molecule has 2 aromatic heterocycles. The monoisotopic (exact) mass is 392 g/mol. The highest BCUT2D eigenvalue weighted by Crippen LogP contribution is 2.29. The third-order valence-corrected chi connectivity index (χ3v) is 6.58. The first-order valence-electron chi connectivity index (χ1n) is 9.53. The van der Waals surface area contributed by atoms with Crippen LogP contribution in [0.1, 0.15) is 26.5 Å². The van der Waals surface area contributed by atoms with Crippen LogP contribution in [0, 0.1) is 20.8 Å². The summed E-state index contributed by atoms with van der Waals surface area (Å²) in [6.45, 7) is 9.38. The lowest BCUT2D eigenvalue weighted by atomic mass is 10.1. The summed E-state index contributed by atoms with van der Waals surface area (Å²) in [6, 6.07) is 10.3. The Morgan fingerprint density at radius 2 is 1.82 bits per heavy atom. The summed E-state index contributed by atoms with van der Waals surface area (Å²) in [6.07, 6.45) is 3.53. The molecule has 1 saturated heterocycles. The number of aromatic nitrogens is 2. The fraction of sp³-hybridized carbons (Fsp3) is 0.318. The lowest BCUT2D eigenvalue weighted by Gasteiger charge is -2.37. The molecule has 0 bridgehead atoms. The zero-order valence-corrected chi connectivity index (χ0v) is 17.3. The van der Waals surface area contributed by atoms with Crippen molar-refractivity contribution in [2.24, 2.45) is 0 Å². The minimum absolute atomic E-state index is 0.0887. The van der Waals surface area contributed by atoms with Gasteiger partial charge in [0, 0.05) is 49.8 Å². The van der Waals surface area contributed by atoms with E-state index in [9.17, 15) is 4.79 Å². The highest BCUT2D eigenvalue weighted by molar-refractivity contribution is 7.17. The number of thiazole rings is 1. The molecule has 1 amide bonds. The zero-order valence-electron chi connectivity index (χ0n) is 16.5. The van der Waals surface area contributed by atoms with Gasteiger partial charge in [-0.1, -0.05) is 12.1 Å². The first-order chi connectivity index (χ1) is 13.5. The number of aryl methyl sites for hydroxylation is 2. The Hall–Kier alpha value is -2.73. The smallest absolute Gasteiger partial charge is 0.265 e. The van der Waals surface area contributed by atoms with Gasteiger partial charge in [-0.05, 0) is 50.1 Å². The van der Waals surface area contributed by atoms with Crippen LogP contribution in [0.5, 0.6) is 0 Å². The van der Waals surface area contributed by atoms with E-state index >= 15 is 0 Å². The van der Waals surface area contributed by atoms with Crippen LogP contribution >= 0.6 is 11.3 Å². The van der Waals surface area contributed by atoms with Crippen LogP contribution in [0.2, 0.25) is 0 Å². The average Bonchev–Trinajstić information content (AvgIpc) is 3.12. The van der Waals surface area contributed by atoms with Gasteiger partial charge in [-0.2, -0.15) is 0 Å². The van der Waals surface area contributed by atoms with Gasteiger partial charge in [-0.25, -0.2) is 4.98 Å². The van der Waals surface area contributed by atoms with Crippen LogP contribution in [0.15, 0.2) is 42.7 Å². The van der Waals surface area contributed by atoms with E-state index in [1.54, 1.807) is 12.4 Å². The Balaban J connectivity index is 1.47. The molecule has 1 aromatic carbocycles. The zero-order chi connectivity index (χ0) is 19.7. The molecule has 0 N–H and O–H groups in total. The van der Waals surface area contributed by atoms with Gasteiger partial charge in [0.1, 0.15) is 9.88 Å². The van der Waals surface area contributed by atoms with Gasteiger partial charge in [0.2, 0.25) is 0 Å². The van der Waals surface area contributed by atoms with Crippen LogP contribution in [0.3, 0.4) is 0 Å². The number of hydrogen-bond donors (Lipinski definition) is 0. The average molecular weight is 393 g/mol. The maximum atomic E-state index is 13.1. The number of piperazine rings is 1. The van der Waals surface area contributed by atoms with Crippen LogP contribution in [-0.2, 0) is 0 Å². The van der Waals surface area contributed by atoms with E-state index in [1.807, 2.05) is 24.0 Å². The standard InChI is InChI=1S/C22H24N4OS/c1-15-6-4-8-19(16(15)2)25-10-12-26(13-11-25)22(27)20-17(3)24-21(28-20)18-7-5-9-23-14-18/h4-9,14H,10-13H2,1-3H3. The molecule has 4 rings (SSSR count). The number of anilines is 1. The number of nitrogens with zero attached hydrogens (tertiary/aromatic N) is 4. The van der Waals surface area contributed by atoms with Crippen molar-refractivity contribution in [2.75, 3.05) is 31.1 Å². The number of benzene rings is 1. The second-order valence-electron chi connectivity index (χ2n) is 7.17. The molecule has 0 saturated carbocycles. The van der Waals surface area contributed by atoms with E-state index < -0.39 is 0 Å². The fourth-order valence-electron chi connectivity index (χ4n) is 3.58. The third-order valence-electron chi connectivity index (χ3n) is 5.38. The molecule has 1 aliphatic heterocycles. The number of carbonyl (C=O) groups excluding carboxylic acids is 1. The van der Waals surface area contributed by atoms with E-state index in [0.717, 1.165) is 47.3 Å². The number of hydrogen-bond acceptors (Lipinski definition) is 5. The fourth-order valence-corrected chi connectivity index (χ4v) is 4.60. The van der Waals surface area contributed by atoms with E-state index in [2.05, 4.69) is 46.9 Å². The van der Waals surface area contributed by atoms with Crippen LogP contribution in [0.25, 0.3) is 10.6 Å². The minimum Gasteiger partial charge on any atom is -0.368 e. The van der Waals surface area contributed by atoms with Crippen molar-refractivity contribution in [3.8, 4) is 10.6 Å². The molecule has 0 aliphatic carbocycles. The van der Waals surface area contributed by atoms with Gasteiger partial charge >= 0.3 is 0 Å². The molecule has 3 heterocycles. The van der Waals surface area contributed by atoms with E-state index in [-0.39, 0.29) is 5.91 Å².